The van der Waals surface area contributed by atoms with E-state index in [9.17, 15) is 34.5 Å². The Labute approximate surface area is 454 Å². The number of fused-ring (bicyclic) bond motifs is 3. The van der Waals surface area contributed by atoms with E-state index in [1.54, 1.807) is 51.1 Å². The van der Waals surface area contributed by atoms with Crippen LogP contribution in [0.5, 0.6) is 0 Å². The van der Waals surface area contributed by atoms with E-state index in [1.807, 2.05) is 18.2 Å². The molecule has 0 bridgehead atoms. The molecule has 13 atom stereocenters. The largest absolute Gasteiger partial charge is 0.460 e. The first-order valence-electron chi connectivity index (χ1n) is 26.7. The minimum absolute atomic E-state index is 0.0121. The number of Topliss-reactive ketones (excluding diaryl/α,β-unsaturated/α-hetero) is 1. The zero-order chi connectivity index (χ0) is 56.3. The van der Waals surface area contributed by atoms with Crippen LogP contribution in [0.25, 0.3) is 0 Å². The Hall–Kier alpha value is -5.77. The van der Waals surface area contributed by atoms with E-state index in [0.717, 1.165) is 32.1 Å². The first-order chi connectivity index (χ1) is 36.5. The number of amides is 1. The van der Waals surface area contributed by atoms with Gasteiger partial charge in [0.2, 0.25) is 6.10 Å². The summed E-state index contributed by atoms with van der Waals surface area (Å²) in [4.78, 5) is 83.6. The minimum Gasteiger partial charge on any atom is -0.460 e. The van der Waals surface area contributed by atoms with Crippen molar-refractivity contribution >= 4 is 50.0 Å². The number of aliphatic hydroxyl groups is 3. The zero-order valence-corrected chi connectivity index (χ0v) is 46.6. The van der Waals surface area contributed by atoms with E-state index in [-0.39, 0.29) is 45.2 Å². The van der Waals surface area contributed by atoms with E-state index in [0.29, 0.717) is 12.0 Å². The van der Waals surface area contributed by atoms with Gasteiger partial charge in [-0.15, -0.1) is 0 Å². The molecule has 4 aliphatic carbocycles. The van der Waals surface area contributed by atoms with Gasteiger partial charge in [0.25, 0.3) is 0 Å². The maximum Gasteiger partial charge on any atom is 0.408 e. The van der Waals surface area contributed by atoms with Crippen molar-refractivity contribution in [3.05, 3.63) is 120 Å². The quantitative estimate of drug-likeness (QED) is 0.0346. The van der Waals surface area contributed by atoms with Crippen molar-refractivity contribution in [1.82, 2.24) is 5.32 Å². The monoisotopic (exact) mass is 1080 g/mol. The lowest BCUT2D eigenvalue weighted by atomic mass is 9.31. The number of esters is 3. The van der Waals surface area contributed by atoms with Gasteiger partial charge in [-0.3, -0.25) is 14.4 Å². The molecule has 1 aromatic carbocycles. The van der Waals surface area contributed by atoms with Crippen LogP contribution in [0.1, 0.15) is 131 Å². The van der Waals surface area contributed by atoms with Gasteiger partial charge in [0.15, 0.2) is 5.78 Å². The first-order valence-corrected chi connectivity index (χ1v) is 27.8. The standard InChI is InChI=1S/C60H78NO15P/c1-10-11-12-13-14-15-16-17-18-19-20-21-22-23-24-25-26-27-31-34-44(64)73-50(48(40-32-29-28-30-33-40)61-54(68)76-56(4,5)6)53(67)75-60-37-59(70)52(74-55(69)77-9)47-45-41(71-36-42(45)72-39(3)62)35-43(63)57(47,7)51(66)49(65)46(38(60)2)58(59,60)8/h11-12,14-15,17-18,20-21,23-24,26-30,32-33,41-43,45,47-50,52,63,65,70H,9-10,13,16,19,22,25,31,34-37H2,1-8H3,(H,61,68)/b12-11-,15-14-,18-17-,21-20-,24-23-,27-26-/t41-,42+,43?,45?,47+,48+,49?,50-,52+,57?,58?,59?,60-/m1/s1. The maximum atomic E-state index is 15.2. The molecule has 6 unspecified atom stereocenters. The van der Waals surface area contributed by atoms with Gasteiger partial charge in [-0.2, -0.15) is 0 Å². The third-order valence-corrected chi connectivity index (χ3v) is 16.2. The molecule has 77 heavy (non-hydrogen) atoms. The van der Waals surface area contributed by atoms with Gasteiger partial charge >= 0.3 is 29.7 Å². The average molecular weight is 1080 g/mol. The van der Waals surface area contributed by atoms with Crippen molar-refractivity contribution in [3.8, 4) is 0 Å². The topological polar surface area (TPSA) is 231 Å². The maximum absolute atomic E-state index is 15.2. The lowest BCUT2D eigenvalue weighted by molar-refractivity contribution is -0.340. The SMILES string of the molecule is C=PC(=O)O[C@H]1[C@@H]2C3[C@@H](OC(C)=O)CO[C@@H]3CC(O)C2(C)C(=O)C(O)C2=C(C)[C@]3(OC(=O)[C@H](OC(=O)CC/C=C\C/C=C\C/C=C\C/C=C\C/C=C\C/C=C\CC)[C@@H](NC(=O)OC(C)(C)C)c4ccccc4)CC1(O)C23C. The summed E-state index contributed by atoms with van der Waals surface area (Å²) in [5, 5.41) is 40.2. The highest BCUT2D eigenvalue weighted by Gasteiger charge is 2.88. The summed E-state index contributed by atoms with van der Waals surface area (Å²) in [6, 6.07) is 6.92. The fraction of sp³-hybridized carbons (Fsp3) is 0.550. The zero-order valence-electron chi connectivity index (χ0n) is 45.7. The van der Waals surface area contributed by atoms with Crippen molar-refractivity contribution in [1.29, 1.82) is 0 Å². The van der Waals surface area contributed by atoms with E-state index >= 15 is 9.59 Å². The molecule has 1 saturated heterocycles. The number of rotatable bonds is 23. The summed E-state index contributed by atoms with van der Waals surface area (Å²) in [6.45, 7) is 12.6. The molecule has 17 heteroatoms. The molecule has 1 aliphatic heterocycles. The van der Waals surface area contributed by atoms with E-state index < -0.39 is 124 Å². The second-order valence-corrected chi connectivity index (χ2v) is 22.5. The summed E-state index contributed by atoms with van der Waals surface area (Å²) in [5.41, 5.74) is -9.18. The predicted molar refractivity (Wildman–Crippen MR) is 291 cm³/mol. The Morgan fingerprint density at radius 1 is 0.883 bits per heavy atom. The van der Waals surface area contributed by atoms with Crippen molar-refractivity contribution in [2.24, 2.45) is 22.7 Å². The molecule has 1 heterocycles. The van der Waals surface area contributed by atoms with Gasteiger partial charge in [0.05, 0.1) is 29.6 Å². The molecule has 0 radical (unpaired) electrons. The number of ketones is 1. The molecule has 418 valence electrons. The number of benzene rings is 1. The number of carbonyl (C=O) groups is 6. The molecule has 0 spiro atoms. The van der Waals surface area contributed by atoms with Gasteiger partial charge in [-0.25, -0.2) is 14.4 Å². The molecular formula is C60H78NO15P. The lowest BCUT2D eigenvalue weighted by Crippen LogP contribution is -2.88. The molecule has 1 aromatic rings. The minimum atomic E-state index is -2.24. The van der Waals surface area contributed by atoms with Crippen LogP contribution in [-0.4, -0.2) is 117 Å². The number of hydrogen-bond donors (Lipinski definition) is 4. The van der Waals surface area contributed by atoms with Gasteiger partial charge < -0.3 is 49.1 Å². The normalized spacial score (nSPS) is 31.6. The summed E-state index contributed by atoms with van der Waals surface area (Å²) < 4.78 is 36.0. The van der Waals surface area contributed by atoms with Crippen LogP contribution in [0.15, 0.2) is 114 Å². The number of carbonyl (C=O) groups excluding carboxylic acids is 6. The van der Waals surface area contributed by atoms with Crippen LogP contribution in [0.2, 0.25) is 0 Å². The molecule has 6 rings (SSSR count). The second-order valence-electron chi connectivity index (χ2n) is 21.8. The summed E-state index contributed by atoms with van der Waals surface area (Å²) in [7, 11) is -0.115. The predicted octanol–water partition coefficient (Wildman–Crippen LogP) is 9.56. The molecular weight excluding hydrogens is 1010 g/mol. The fourth-order valence-corrected chi connectivity index (χ4v) is 12.3. The van der Waals surface area contributed by atoms with Crippen molar-refractivity contribution in [2.45, 2.75) is 179 Å². The van der Waals surface area contributed by atoms with Gasteiger partial charge in [0.1, 0.15) is 41.2 Å². The van der Waals surface area contributed by atoms with Crippen LogP contribution in [0.4, 0.5) is 9.59 Å². The van der Waals surface area contributed by atoms with Crippen LogP contribution in [-0.2, 0) is 47.6 Å². The highest BCUT2D eigenvalue weighted by atomic mass is 31.1. The Bertz CT molecular complexity index is 2560. The van der Waals surface area contributed by atoms with Crippen molar-refractivity contribution in [3.63, 3.8) is 0 Å². The van der Waals surface area contributed by atoms with Gasteiger partial charge in [0, 0.05) is 46.2 Å². The number of ether oxygens (including phenoxy) is 6. The highest BCUT2D eigenvalue weighted by Crippen LogP contribution is 2.77. The molecule has 4 N–H and O–H groups in total. The lowest BCUT2D eigenvalue weighted by Gasteiger charge is -2.77. The highest BCUT2D eigenvalue weighted by molar-refractivity contribution is 7.55. The number of aliphatic hydroxyl groups excluding tert-OH is 2. The molecule has 3 saturated carbocycles. The Kier molecular flexibility index (Phi) is 20.3. The number of nitrogens with one attached hydrogen (secondary N) is 1. The molecule has 0 aromatic heterocycles. The van der Waals surface area contributed by atoms with E-state index in [2.05, 4.69) is 73.2 Å². The summed E-state index contributed by atoms with van der Waals surface area (Å²) in [6.07, 6.45) is 23.5. The third kappa shape index (κ3) is 12.7. The molecule has 5 aliphatic rings. The van der Waals surface area contributed by atoms with Crippen molar-refractivity contribution in [2.75, 3.05) is 6.61 Å². The fourth-order valence-electron chi connectivity index (χ4n) is 12.2. The van der Waals surface area contributed by atoms with Gasteiger partial charge in [-0.1, -0.05) is 116 Å². The van der Waals surface area contributed by atoms with E-state index in [1.165, 1.54) is 27.7 Å². The Morgan fingerprint density at radius 2 is 1.45 bits per heavy atom. The van der Waals surface area contributed by atoms with Gasteiger partial charge in [-0.05, 0) is 103 Å². The van der Waals surface area contributed by atoms with Crippen LogP contribution < -0.4 is 5.32 Å². The average Bonchev–Trinajstić information content (AvgIpc) is 3.88. The van der Waals surface area contributed by atoms with Crippen molar-refractivity contribution < 1.29 is 72.5 Å². The molecule has 16 nitrogen and oxygen atoms in total. The first kappa shape index (κ1) is 60.5. The number of allylic oxidation sites excluding steroid dienone is 12. The Balaban J connectivity index is 1.25. The van der Waals surface area contributed by atoms with Crippen LogP contribution in [0, 0.1) is 22.7 Å². The number of hydrogen-bond acceptors (Lipinski definition) is 15. The van der Waals surface area contributed by atoms with Crippen LogP contribution >= 0.6 is 8.20 Å². The summed E-state index contributed by atoms with van der Waals surface area (Å²) in [5.74, 6) is -5.72. The molecule has 1 amide bonds. The smallest absolute Gasteiger partial charge is 0.408 e. The molecule has 4 fully saturated rings. The van der Waals surface area contributed by atoms with E-state index in [4.69, 9.17) is 28.4 Å². The second kappa shape index (κ2) is 25.8. The third-order valence-electron chi connectivity index (χ3n) is 15.9. The number of alkyl carbamates (subject to hydrolysis) is 1. The Morgan fingerprint density at radius 3 is 2.00 bits per heavy atom. The summed E-state index contributed by atoms with van der Waals surface area (Å²) >= 11 is 0. The van der Waals surface area contributed by atoms with Crippen LogP contribution in [0.3, 0.4) is 0 Å².